The highest BCUT2D eigenvalue weighted by Crippen LogP contribution is 2.27. The van der Waals surface area contributed by atoms with Crippen molar-refractivity contribution in [1.29, 1.82) is 0 Å². The number of ketones is 1. The fraction of sp³-hybridized carbons (Fsp3) is 0. The van der Waals surface area contributed by atoms with Crippen LogP contribution in [0.1, 0.15) is 5.56 Å². The Kier molecular flexibility index (Phi) is 4.96. The molecule has 6 rings (SSSR count). The van der Waals surface area contributed by atoms with Crippen molar-refractivity contribution in [2.24, 2.45) is 25.7 Å². The van der Waals surface area contributed by atoms with E-state index in [1.165, 1.54) is 6.08 Å². The minimum atomic E-state index is -0.223. The second-order valence-corrected chi connectivity index (χ2v) is 8.24. The third kappa shape index (κ3) is 4.20. The summed E-state index contributed by atoms with van der Waals surface area (Å²) >= 11 is 0. The molecule has 0 fully saturated rings. The molecule has 5 aliphatic heterocycles. The predicted octanol–water partition coefficient (Wildman–Crippen LogP) is 4.52. The number of benzene rings is 1. The van der Waals surface area contributed by atoms with Crippen LogP contribution in [0.25, 0.3) is 6.08 Å². The van der Waals surface area contributed by atoms with E-state index >= 15 is 0 Å². The average Bonchev–Trinajstić information content (AvgIpc) is 3.64. The first-order valence-electron chi connectivity index (χ1n) is 11.1. The highest BCUT2D eigenvalue weighted by molar-refractivity contribution is 6.33. The number of aliphatic imine (C=N–C) groups is 4. The van der Waals surface area contributed by atoms with Gasteiger partial charge in [0.05, 0.1) is 56.9 Å². The summed E-state index contributed by atoms with van der Waals surface area (Å²) < 4.78 is 0. The second kappa shape index (κ2) is 8.43. The van der Waals surface area contributed by atoms with Gasteiger partial charge >= 0.3 is 0 Å². The molecule has 0 aliphatic carbocycles. The molecule has 0 saturated heterocycles. The van der Waals surface area contributed by atoms with Crippen LogP contribution >= 0.6 is 0 Å². The van der Waals surface area contributed by atoms with Crippen LogP contribution in [0, 0.1) is 0 Å². The van der Waals surface area contributed by atoms with Crippen molar-refractivity contribution in [3.63, 3.8) is 0 Å². The number of rotatable bonds is 3. The van der Waals surface area contributed by atoms with Gasteiger partial charge in [0.15, 0.2) is 5.78 Å². The van der Waals surface area contributed by atoms with E-state index in [9.17, 15) is 4.79 Å². The van der Waals surface area contributed by atoms with Crippen molar-refractivity contribution in [1.82, 2.24) is 0 Å². The number of hydrogen-bond donors (Lipinski definition) is 1. The van der Waals surface area contributed by atoms with Gasteiger partial charge in [0, 0.05) is 0 Å². The van der Waals surface area contributed by atoms with Gasteiger partial charge in [-0.2, -0.15) is 0 Å². The monoisotopic (exact) mass is 453 g/mol. The number of allylic oxidation sites excluding steroid dienone is 12. The lowest BCUT2D eigenvalue weighted by atomic mass is 10.0. The van der Waals surface area contributed by atoms with E-state index in [2.05, 4.69) is 15.0 Å². The van der Waals surface area contributed by atoms with E-state index < -0.39 is 0 Å². The third-order valence-corrected chi connectivity index (χ3v) is 5.73. The van der Waals surface area contributed by atoms with Crippen molar-refractivity contribution in [2.75, 3.05) is 0 Å². The predicted molar refractivity (Wildman–Crippen MR) is 141 cm³/mol. The van der Waals surface area contributed by atoms with Crippen molar-refractivity contribution in [3.8, 4) is 0 Å². The zero-order valence-corrected chi connectivity index (χ0v) is 18.6. The molecular weight excluding hydrogens is 434 g/mol. The lowest BCUT2D eigenvalue weighted by Crippen LogP contribution is -2.12. The van der Waals surface area contributed by atoms with Gasteiger partial charge in [-0.3, -0.25) is 4.79 Å². The summed E-state index contributed by atoms with van der Waals surface area (Å²) in [4.78, 5) is 31.8. The van der Waals surface area contributed by atoms with E-state index in [1.807, 2.05) is 78.9 Å². The van der Waals surface area contributed by atoms with E-state index in [1.54, 1.807) is 18.2 Å². The summed E-state index contributed by atoms with van der Waals surface area (Å²) in [7, 11) is 0. The maximum Gasteiger partial charge on any atom is 0.190 e. The van der Waals surface area contributed by atoms with Crippen LogP contribution in [-0.2, 0) is 4.79 Å². The summed E-state index contributed by atoms with van der Waals surface area (Å²) in [5.41, 5.74) is 13.6. The molecule has 166 valence electrons. The van der Waals surface area contributed by atoms with Gasteiger partial charge in [0.2, 0.25) is 0 Å². The van der Waals surface area contributed by atoms with Gasteiger partial charge < -0.3 is 5.73 Å². The fourth-order valence-corrected chi connectivity index (χ4v) is 4.05. The van der Waals surface area contributed by atoms with E-state index in [0.29, 0.717) is 34.1 Å². The molecule has 0 amide bonds. The molecule has 5 aliphatic rings. The molecule has 0 aromatic heterocycles. The zero-order chi connectivity index (χ0) is 23.8. The lowest BCUT2D eigenvalue weighted by molar-refractivity contribution is -0.110. The standard InChI is InChI=1S/C29H19N5O/c30-29-26-17-24-12-10-22(33-24)15-20-8-7-19(31-20)14-21-9-11-23(32-21)16-25(34-26)28(29)27(35)13-6-18-4-2-1-3-5-18/h1-17H,30H2. The van der Waals surface area contributed by atoms with Gasteiger partial charge in [-0.05, 0) is 72.4 Å². The molecule has 1 aromatic carbocycles. The summed E-state index contributed by atoms with van der Waals surface area (Å²) in [6, 6.07) is 9.64. The number of carbonyl (C=O) groups excluding carboxylic acids is 1. The van der Waals surface area contributed by atoms with E-state index in [0.717, 1.165) is 28.4 Å². The second-order valence-electron chi connectivity index (χ2n) is 8.24. The molecule has 2 N–H and O–H groups in total. The Morgan fingerprint density at radius 2 is 1.26 bits per heavy atom. The zero-order valence-electron chi connectivity index (χ0n) is 18.6. The van der Waals surface area contributed by atoms with Gasteiger partial charge in [-0.15, -0.1) is 0 Å². The van der Waals surface area contributed by atoms with Crippen LogP contribution in [0.15, 0.2) is 151 Å². The van der Waals surface area contributed by atoms with Crippen molar-refractivity contribution < 1.29 is 4.79 Å². The molecule has 5 heterocycles. The summed E-state index contributed by atoms with van der Waals surface area (Å²) in [5.74, 6) is -0.223. The minimum absolute atomic E-state index is 0.223. The molecule has 0 radical (unpaired) electrons. The molecule has 1 aromatic rings. The Balaban J connectivity index is 1.45. The molecule has 0 saturated carbocycles. The van der Waals surface area contributed by atoms with Crippen molar-refractivity contribution in [2.45, 2.75) is 0 Å². The Labute approximate surface area is 202 Å². The summed E-state index contributed by atoms with van der Waals surface area (Å²) in [6.07, 6.45) is 22.2. The van der Waals surface area contributed by atoms with Crippen molar-refractivity contribution >= 4 is 34.7 Å². The first kappa shape index (κ1) is 20.6. The van der Waals surface area contributed by atoms with Gasteiger partial charge in [0.1, 0.15) is 0 Å². The number of hydrogen-bond acceptors (Lipinski definition) is 6. The minimum Gasteiger partial charge on any atom is -0.396 e. The first-order valence-corrected chi connectivity index (χ1v) is 11.1. The molecule has 6 heteroatoms. The van der Waals surface area contributed by atoms with Gasteiger partial charge in [-0.1, -0.05) is 36.4 Å². The maximum absolute atomic E-state index is 13.3. The average molecular weight is 454 g/mol. The molecule has 0 atom stereocenters. The number of fused-ring (bicyclic) bond motifs is 4. The SMILES string of the molecule is NC1=C(C(=O)C=Cc2ccccc2)C2=NC1=CC1=NC(=CC3=NC(=CC4=NC(=C2)C=C4)C=C3)C=C1. The van der Waals surface area contributed by atoms with E-state index in [4.69, 9.17) is 10.7 Å². The first-order chi connectivity index (χ1) is 17.1. The highest BCUT2D eigenvalue weighted by atomic mass is 16.1. The maximum atomic E-state index is 13.3. The van der Waals surface area contributed by atoms with Crippen LogP contribution in [0.5, 0.6) is 0 Å². The number of nitrogens with zero attached hydrogens (tertiary/aromatic N) is 4. The van der Waals surface area contributed by atoms with Gasteiger partial charge in [-0.25, -0.2) is 20.0 Å². The third-order valence-electron chi connectivity index (χ3n) is 5.73. The Morgan fingerprint density at radius 3 is 1.89 bits per heavy atom. The van der Waals surface area contributed by atoms with Crippen LogP contribution in [0.2, 0.25) is 0 Å². The number of carbonyl (C=O) groups is 1. The number of nitrogens with two attached hydrogens (primary N) is 1. The highest BCUT2D eigenvalue weighted by Gasteiger charge is 2.26. The topological polar surface area (TPSA) is 92.5 Å². The molecule has 8 bridgehead atoms. The smallest absolute Gasteiger partial charge is 0.190 e. The van der Waals surface area contributed by atoms with Crippen LogP contribution < -0.4 is 5.73 Å². The summed E-state index contributed by atoms with van der Waals surface area (Å²) in [6.45, 7) is 0. The molecule has 6 nitrogen and oxygen atoms in total. The van der Waals surface area contributed by atoms with E-state index in [-0.39, 0.29) is 5.78 Å². The molecular formula is C29H19N5O. The molecule has 0 unspecified atom stereocenters. The molecule has 0 spiro atoms. The summed E-state index contributed by atoms with van der Waals surface area (Å²) in [5, 5.41) is 0. The van der Waals surface area contributed by atoms with Crippen LogP contribution in [0.4, 0.5) is 0 Å². The van der Waals surface area contributed by atoms with Gasteiger partial charge in [0.25, 0.3) is 0 Å². The Bertz CT molecular complexity index is 1580. The Morgan fingerprint density at radius 1 is 0.686 bits per heavy atom. The largest absolute Gasteiger partial charge is 0.396 e. The van der Waals surface area contributed by atoms with Crippen molar-refractivity contribution in [3.05, 3.63) is 137 Å². The normalized spacial score (nSPS) is 19.9. The lowest BCUT2D eigenvalue weighted by Gasteiger charge is -2.01. The molecule has 35 heavy (non-hydrogen) atoms. The fourth-order valence-electron chi connectivity index (χ4n) is 4.05. The van der Waals surface area contributed by atoms with Crippen LogP contribution in [-0.4, -0.2) is 28.6 Å². The quantitative estimate of drug-likeness (QED) is 0.682. The Hall–Kier alpha value is -4.97. The van der Waals surface area contributed by atoms with Crippen LogP contribution in [0.3, 0.4) is 0 Å².